The lowest BCUT2D eigenvalue weighted by atomic mass is 9.77. The van der Waals surface area contributed by atoms with Gasteiger partial charge in [0.25, 0.3) is 0 Å². The Labute approximate surface area is 113 Å². The summed E-state index contributed by atoms with van der Waals surface area (Å²) in [5.74, 6) is 0.818. The fourth-order valence-corrected chi connectivity index (χ4v) is 2.48. The normalized spacial score (nSPS) is 18.6. The number of nitrogens with zero attached hydrogens (tertiary/aromatic N) is 4. The summed E-state index contributed by atoms with van der Waals surface area (Å²) < 4.78 is 10.5. The number of nitrogens with one attached hydrogen (secondary N) is 1. The Bertz CT molecular complexity index is 376. The first-order valence-electron chi connectivity index (χ1n) is 6.74. The molecule has 1 saturated heterocycles. The fraction of sp³-hybridized carbons (Fsp3) is 0.917. The van der Waals surface area contributed by atoms with Crippen LogP contribution in [-0.4, -0.2) is 60.2 Å². The molecule has 1 fully saturated rings. The van der Waals surface area contributed by atoms with Gasteiger partial charge in [0.1, 0.15) is 0 Å². The lowest BCUT2D eigenvalue weighted by Gasteiger charge is -2.36. The van der Waals surface area contributed by atoms with Gasteiger partial charge < -0.3 is 14.8 Å². The predicted octanol–water partition coefficient (Wildman–Crippen LogP) is -0.215. The van der Waals surface area contributed by atoms with E-state index in [4.69, 9.17) is 9.47 Å². The molecule has 0 aromatic carbocycles. The second-order valence-electron chi connectivity index (χ2n) is 5.15. The summed E-state index contributed by atoms with van der Waals surface area (Å²) in [7, 11) is 3.51. The lowest BCUT2D eigenvalue weighted by Crippen LogP contribution is -2.42. The highest BCUT2D eigenvalue weighted by Crippen LogP contribution is 2.32. The van der Waals surface area contributed by atoms with Crippen LogP contribution in [0.15, 0.2) is 0 Å². The van der Waals surface area contributed by atoms with Crippen LogP contribution in [0.2, 0.25) is 0 Å². The largest absolute Gasteiger partial charge is 0.383 e. The summed E-state index contributed by atoms with van der Waals surface area (Å²) in [6.07, 6.45) is 2.92. The van der Waals surface area contributed by atoms with E-state index in [1.165, 1.54) is 4.80 Å². The highest BCUT2D eigenvalue weighted by Gasteiger charge is 2.33. The van der Waals surface area contributed by atoms with Gasteiger partial charge in [-0.3, -0.25) is 0 Å². The summed E-state index contributed by atoms with van der Waals surface area (Å²) in [6.45, 7) is 4.17. The summed E-state index contributed by atoms with van der Waals surface area (Å²) in [5, 5.41) is 15.8. The second kappa shape index (κ2) is 6.93. The van der Waals surface area contributed by atoms with Crippen molar-refractivity contribution in [2.75, 3.05) is 40.0 Å². The molecule has 0 radical (unpaired) electrons. The molecule has 1 aliphatic heterocycles. The van der Waals surface area contributed by atoms with Crippen molar-refractivity contribution in [1.29, 1.82) is 0 Å². The Morgan fingerprint density at radius 2 is 2.21 bits per heavy atom. The van der Waals surface area contributed by atoms with E-state index in [0.717, 1.165) is 58.0 Å². The van der Waals surface area contributed by atoms with Crippen LogP contribution >= 0.6 is 0 Å². The minimum Gasteiger partial charge on any atom is -0.383 e. The Balaban J connectivity index is 1.93. The van der Waals surface area contributed by atoms with Crippen LogP contribution in [0.4, 0.5) is 0 Å². The number of aromatic nitrogens is 4. The molecule has 0 bridgehead atoms. The molecule has 7 nitrogen and oxygen atoms in total. The Morgan fingerprint density at radius 1 is 1.42 bits per heavy atom. The van der Waals surface area contributed by atoms with Crippen LogP contribution in [0.3, 0.4) is 0 Å². The van der Waals surface area contributed by atoms with Gasteiger partial charge in [0.05, 0.1) is 13.7 Å². The van der Waals surface area contributed by atoms with E-state index in [9.17, 15) is 0 Å². The summed E-state index contributed by atoms with van der Waals surface area (Å²) >= 11 is 0. The zero-order valence-corrected chi connectivity index (χ0v) is 11.8. The standard InChI is InChI=1S/C12H23N5O2/c1-17-15-11(14-16-17)9-12(3-6-19-7-4-12)10-13-5-8-18-2/h13H,3-10H2,1-2H3. The third-order valence-corrected chi connectivity index (χ3v) is 3.62. The molecule has 7 heteroatoms. The van der Waals surface area contributed by atoms with E-state index < -0.39 is 0 Å². The van der Waals surface area contributed by atoms with Crippen molar-refractivity contribution in [2.45, 2.75) is 19.3 Å². The first-order valence-corrected chi connectivity index (χ1v) is 6.74. The molecule has 0 saturated carbocycles. The number of methoxy groups -OCH3 is 1. The monoisotopic (exact) mass is 269 g/mol. The van der Waals surface area contributed by atoms with Crippen molar-refractivity contribution in [3.63, 3.8) is 0 Å². The maximum Gasteiger partial charge on any atom is 0.175 e. The van der Waals surface area contributed by atoms with Gasteiger partial charge in [-0.25, -0.2) is 0 Å². The van der Waals surface area contributed by atoms with Crippen molar-refractivity contribution in [1.82, 2.24) is 25.5 Å². The highest BCUT2D eigenvalue weighted by atomic mass is 16.5. The van der Waals surface area contributed by atoms with Crippen molar-refractivity contribution < 1.29 is 9.47 Å². The molecule has 1 aromatic rings. The van der Waals surface area contributed by atoms with E-state index in [0.29, 0.717) is 0 Å². The van der Waals surface area contributed by atoms with Gasteiger partial charge in [-0.2, -0.15) is 4.80 Å². The van der Waals surface area contributed by atoms with Gasteiger partial charge in [0.15, 0.2) is 5.82 Å². The molecular weight excluding hydrogens is 246 g/mol. The van der Waals surface area contributed by atoms with E-state index in [1.807, 2.05) is 0 Å². The fourth-order valence-electron chi connectivity index (χ4n) is 2.48. The van der Waals surface area contributed by atoms with Gasteiger partial charge in [-0.05, 0) is 23.5 Å². The van der Waals surface area contributed by atoms with Gasteiger partial charge in [0, 0.05) is 39.8 Å². The molecule has 0 unspecified atom stereocenters. The van der Waals surface area contributed by atoms with Gasteiger partial charge in [0.2, 0.25) is 0 Å². The molecule has 2 heterocycles. The number of hydrogen-bond donors (Lipinski definition) is 1. The molecule has 0 amide bonds. The second-order valence-corrected chi connectivity index (χ2v) is 5.15. The molecule has 2 rings (SSSR count). The van der Waals surface area contributed by atoms with Crippen molar-refractivity contribution in [2.24, 2.45) is 12.5 Å². The first kappa shape index (κ1) is 14.4. The number of ether oxygens (including phenoxy) is 2. The maximum atomic E-state index is 5.48. The molecule has 19 heavy (non-hydrogen) atoms. The smallest absolute Gasteiger partial charge is 0.175 e. The van der Waals surface area contributed by atoms with Crippen molar-refractivity contribution in [3.05, 3.63) is 5.82 Å². The molecule has 1 aliphatic rings. The lowest BCUT2D eigenvalue weighted by molar-refractivity contribution is 0.0134. The number of hydrogen-bond acceptors (Lipinski definition) is 6. The van der Waals surface area contributed by atoms with Crippen LogP contribution in [-0.2, 0) is 22.9 Å². The number of tetrazole rings is 1. The molecule has 0 atom stereocenters. The van der Waals surface area contributed by atoms with E-state index in [-0.39, 0.29) is 5.41 Å². The first-order chi connectivity index (χ1) is 9.24. The van der Waals surface area contributed by atoms with Gasteiger partial charge in [-0.1, -0.05) is 0 Å². The summed E-state index contributed by atoms with van der Waals surface area (Å²) in [4.78, 5) is 1.51. The van der Waals surface area contributed by atoms with Crippen LogP contribution < -0.4 is 5.32 Å². The topological polar surface area (TPSA) is 74.1 Å². The van der Waals surface area contributed by atoms with Crippen LogP contribution in [0.1, 0.15) is 18.7 Å². The van der Waals surface area contributed by atoms with Gasteiger partial charge in [-0.15, -0.1) is 10.2 Å². The van der Waals surface area contributed by atoms with Crippen molar-refractivity contribution >= 4 is 0 Å². The SMILES string of the molecule is COCCNCC1(Cc2nnn(C)n2)CCOCC1. The average Bonchev–Trinajstić information content (AvgIpc) is 2.81. The average molecular weight is 269 g/mol. The Morgan fingerprint density at radius 3 is 2.84 bits per heavy atom. The Hall–Kier alpha value is -1.05. The molecular formula is C12H23N5O2. The number of rotatable bonds is 7. The zero-order chi connectivity index (χ0) is 13.6. The van der Waals surface area contributed by atoms with Crippen LogP contribution in [0.5, 0.6) is 0 Å². The van der Waals surface area contributed by atoms with E-state index in [2.05, 4.69) is 20.7 Å². The third kappa shape index (κ3) is 4.22. The van der Waals surface area contributed by atoms with Gasteiger partial charge >= 0.3 is 0 Å². The quantitative estimate of drug-likeness (QED) is 0.690. The van der Waals surface area contributed by atoms with E-state index >= 15 is 0 Å². The van der Waals surface area contributed by atoms with E-state index in [1.54, 1.807) is 14.2 Å². The number of aryl methyl sites for hydroxylation is 1. The molecule has 1 N–H and O–H groups in total. The van der Waals surface area contributed by atoms with Crippen LogP contribution in [0, 0.1) is 5.41 Å². The van der Waals surface area contributed by atoms with Crippen molar-refractivity contribution in [3.8, 4) is 0 Å². The molecule has 0 spiro atoms. The Kier molecular flexibility index (Phi) is 5.24. The molecule has 108 valence electrons. The molecule has 0 aliphatic carbocycles. The third-order valence-electron chi connectivity index (χ3n) is 3.62. The highest BCUT2D eigenvalue weighted by molar-refractivity contribution is 4.93. The molecule has 1 aromatic heterocycles. The predicted molar refractivity (Wildman–Crippen MR) is 69.7 cm³/mol. The zero-order valence-electron chi connectivity index (χ0n) is 11.8. The van der Waals surface area contributed by atoms with Crippen LogP contribution in [0.25, 0.3) is 0 Å². The minimum absolute atomic E-state index is 0.176. The summed E-state index contributed by atoms with van der Waals surface area (Å²) in [5.41, 5.74) is 0.176. The summed E-state index contributed by atoms with van der Waals surface area (Å²) in [6, 6.07) is 0. The maximum absolute atomic E-state index is 5.48. The minimum atomic E-state index is 0.176.